The Bertz CT molecular complexity index is 361. The Morgan fingerprint density at radius 1 is 1.10 bits per heavy atom. The minimum Gasteiger partial charge on any atom is -0.378 e. The third-order valence-electron chi connectivity index (χ3n) is 4.27. The van der Waals surface area contributed by atoms with Gasteiger partial charge in [0.15, 0.2) is 0 Å². The monoisotopic (exact) mass is 319 g/mol. The summed E-state index contributed by atoms with van der Waals surface area (Å²) >= 11 is 0. The molecule has 0 aromatic carbocycles. The number of hydrogen-bond acceptors (Lipinski definition) is 4. The molecule has 0 aromatic heterocycles. The minimum atomic E-state index is 0. The molecule has 0 aromatic rings. The van der Waals surface area contributed by atoms with E-state index in [1.807, 2.05) is 4.90 Å². The zero-order chi connectivity index (χ0) is 14.5. The predicted molar refractivity (Wildman–Crippen MR) is 82.5 cm³/mol. The van der Waals surface area contributed by atoms with Crippen molar-refractivity contribution in [3.63, 3.8) is 0 Å². The van der Waals surface area contributed by atoms with Gasteiger partial charge in [-0.15, -0.1) is 12.4 Å². The first-order chi connectivity index (χ1) is 9.59. The van der Waals surface area contributed by atoms with E-state index in [2.05, 4.69) is 19.2 Å². The fraction of sp³-hybridized carbons (Fsp3) is 0.857. The maximum absolute atomic E-state index is 12.2. The van der Waals surface area contributed by atoms with Crippen LogP contribution in [0, 0.1) is 0 Å². The summed E-state index contributed by atoms with van der Waals surface area (Å²) in [5, 5.41) is 3.35. The van der Waals surface area contributed by atoms with Crippen molar-refractivity contribution in [2.45, 2.75) is 38.8 Å². The van der Waals surface area contributed by atoms with Gasteiger partial charge in [-0.1, -0.05) is 0 Å². The SMILES string of the molecule is CC1NCCN(C(=O)CCC(=O)N2CCOCC2)C1C.Cl. The van der Waals surface area contributed by atoms with Crippen LogP contribution < -0.4 is 5.32 Å². The van der Waals surface area contributed by atoms with E-state index in [-0.39, 0.29) is 30.3 Å². The van der Waals surface area contributed by atoms with Crippen molar-refractivity contribution < 1.29 is 14.3 Å². The Hall–Kier alpha value is -0.850. The molecule has 7 heteroatoms. The van der Waals surface area contributed by atoms with Gasteiger partial charge in [-0.3, -0.25) is 9.59 Å². The third kappa shape index (κ3) is 4.83. The van der Waals surface area contributed by atoms with Crippen LogP contribution in [0.5, 0.6) is 0 Å². The molecule has 0 aliphatic carbocycles. The Kier molecular flexibility index (Phi) is 7.42. The van der Waals surface area contributed by atoms with E-state index in [1.54, 1.807) is 4.90 Å². The number of amides is 2. The van der Waals surface area contributed by atoms with E-state index in [9.17, 15) is 9.59 Å². The van der Waals surface area contributed by atoms with E-state index in [0.717, 1.165) is 13.1 Å². The highest BCUT2D eigenvalue weighted by Gasteiger charge is 2.28. The molecule has 21 heavy (non-hydrogen) atoms. The Morgan fingerprint density at radius 3 is 2.38 bits per heavy atom. The van der Waals surface area contributed by atoms with Gasteiger partial charge in [-0.05, 0) is 13.8 Å². The van der Waals surface area contributed by atoms with Crippen LogP contribution in [0.2, 0.25) is 0 Å². The lowest BCUT2D eigenvalue weighted by Crippen LogP contribution is -2.57. The molecule has 0 radical (unpaired) electrons. The normalized spacial score (nSPS) is 26.2. The van der Waals surface area contributed by atoms with Crippen molar-refractivity contribution in [3.8, 4) is 0 Å². The number of piperazine rings is 1. The van der Waals surface area contributed by atoms with Crippen LogP contribution in [-0.4, -0.2) is 73.1 Å². The Balaban J connectivity index is 0.00000220. The molecule has 2 atom stereocenters. The van der Waals surface area contributed by atoms with Crippen LogP contribution in [0.3, 0.4) is 0 Å². The van der Waals surface area contributed by atoms with E-state index in [0.29, 0.717) is 45.2 Å². The van der Waals surface area contributed by atoms with Gasteiger partial charge in [0.1, 0.15) is 0 Å². The highest BCUT2D eigenvalue weighted by molar-refractivity contribution is 5.85. The van der Waals surface area contributed by atoms with Crippen LogP contribution in [-0.2, 0) is 14.3 Å². The van der Waals surface area contributed by atoms with Crippen molar-refractivity contribution in [3.05, 3.63) is 0 Å². The number of ether oxygens (including phenoxy) is 1. The van der Waals surface area contributed by atoms with Gasteiger partial charge in [0.25, 0.3) is 0 Å². The Labute approximate surface area is 132 Å². The quantitative estimate of drug-likeness (QED) is 0.810. The summed E-state index contributed by atoms with van der Waals surface area (Å²) in [4.78, 5) is 28.0. The topological polar surface area (TPSA) is 61.9 Å². The molecule has 2 unspecified atom stereocenters. The van der Waals surface area contributed by atoms with Gasteiger partial charge in [-0.2, -0.15) is 0 Å². The molecule has 2 saturated heterocycles. The van der Waals surface area contributed by atoms with Crippen LogP contribution in [0.15, 0.2) is 0 Å². The summed E-state index contributed by atoms with van der Waals surface area (Å²) < 4.78 is 5.22. The number of carbonyl (C=O) groups excluding carboxylic acids is 2. The van der Waals surface area contributed by atoms with Crippen molar-refractivity contribution in [2.24, 2.45) is 0 Å². The van der Waals surface area contributed by atoms with Gasteiger partial charge in [0, 0.05) is 51.1 Å². The summed E-state index contributed by atoms with van der Waals surface area (Å²) in [6, 6.07) is 0.498. The van der Waals surface area contributed by atoms with Crippen molar-refractivity contribution in [2.75, 3.05) is 39.4 Å². The molecular weight excluding hydrogens is 294 g/mol. The first kappa shape index (κ1) is 18.2. The number of nitrogens with one attached hydrogen (secondary N) is 1. The van der Waals surface area contributed by atoms with Crippen LogP contribution in [0.4, 0.5) is 0 Å². The van der Waals surface area contributed by atoms with E-state index in [1.165, 1.54) is 0 Å². The highest BCUT2D eigenvalue weighted by atomic mass is 35.5. The second-order valence-corrected chi connectivity index (χ2v) is 5.56. The van der Waals surface area contributed by atoms with Gasteiger partial charge in [-0.25, -0.2) is 0 Å². The molecule has 0 bridgehead atoms. The molecule has 0 spiro atoms. The van der Waals surface area contributed by atoms with Crippen LogP contribution >= 0.6 is 12.4 Å². The van der Waals surface area contributed by atoms with E-state index < -0.39 is 0 Å². The molecular formula is C14H26ClN3O3. The maximum Gasteiger partial charge on any atom is 0.223 e. The number of nitrogens with zero attached hydrogens (tertiary/aromatic N) is 2. The largest absolute Gasteiger partial charge is 0.378 e. The number of halogens is 1. The molecule has 2 heterocycles. The zero-order valence-electron chi connectivity index (χ0n) is 12.8. The summed E-state index contributed by atoms with van der Waals surface area (Å²) in [5.41, 5.74) is 0. The highest BCUT2D eigenvalue weighted by Crippen LogP contribution is 2.12. The number of hydrogen-bond donors (Lipinski definition) is 1. The summed E-state index contributed by atoms with van der Waals surface area (Å²) in [6.45, 7) is 8.20. The van der Waals surface area contributed by atoms with Gasteiger partial charge in [0.2, 0.25) is 11.8 Å². The minimum absolute atomic E-state index is 0. The molecule has 2 aliphatic rings. The lowest BCUT2D eigenvalue weighted by molar-refractivity contribution is -0.141. The lowest BCUT2D eigenvalue weighted by Gasteiger charge is -2.38. The summed E-state index contributed by atoms with van der Waals surface area (Å²) in [6.07, 6.45) is 0.622. The predicted octanol–water partition coefficient (Wildman–Crippen LogP) is 0.256. The fourth-order valence-electron chi connectivity index (χ4n) is 2.74. The second kappa shape index (κ2) is 8.56. The smallest absolute Gasteiger partial charge is 0.223 e. The van der Waals surface area contributed by atoms with Crippen molar-refractivity contribution in [1.29, 1.82) is 0 Å². The van der Waals surface area contributed by atoms with Gasteiger partial charge < -0.3 is 19.9 Å². The standard InChI is InChI=1S/C14H25N3O3.ClH/c1-11-12(2)17(6-5-15-11)14(19)4-3-13(18)16-7-9-20-10-8-16;/h11-12,15H,3-10H2,1-2H3;1H. The average Bonchev–Trinajstić information content (AvgIpc) is 2.48. The number of rotatable bonds is 3. The zero-order valence-corrected chi connectivity index (χ0v) is 13.7. The number of carbonyl (C=O) groups is 2. The molecule has 0 saturated carbocycles. The van der Waals surface area contributed by atoms with Crippen LogP contribution in [0.1, 0.15) is 26.7 Å². The number of morpholine rings is 1. The molecule has 1 N–H and O–H groups in total. The van der Waals surface area contributed by atoms with E-state index >= 15 is 0 Å². The molecule has 2 fully saturated rings. The molecule has 122 valence electrons. The summed E-state index contributed by atoms with van der Waals surface area (Å²) in [7, 11) is 0. The fourth-order valence-corrected chi connectivity index (χ4v) is 2.74. The lowest BCUT2D eigenvalue weighted by atomic mass is 10.1. The van der Waals surface area contributed by atoms with Gasteiger partial charge in [0.05, 0.1) is 13.2 Å². The van der Waals surface area contributed by atoms with Gasteiger partial charge >= 0.3 is 0 Å². The first-order valence-electron chi connectivity index (χ1n) is 7.48. The van der Waals surface area contributed by atoms with Crippen molar-refractivity contribution >= 4 is 24.2 Å². The molecule has 2 amide bonds. The van der Waals surface area contributed by atoms with Crippen molar-refractivity contribution in [1.82, 2.24) is 15.1 Å². The molecule has 6 nitrogen and oxygen atoms in total. The van der Waals surface area contributed by atoms with Crippen LogP contribution in [0.25, 0.3) is 0 Å². The maximum atomic E-state index is 12.2. The Morgan fingerprint density at radius 2 is 1.71 bits per heavy atom. The van der Waals surface area contributed by atoms with E-state index in [4.69, 9.17) is 4.74 Å². The second-order valence-electron chi connectivity index (χ2n) is 5.56. The first-order valence-corrected chi connectivity index (χ1v) is 7.48. The third-order valence-corrected chi connectivity index (χ3v) is 4.27. The molecule has 2 aliphatic heterocycles. The summed E-state index contributed by atoms with van der Waals surface area (Å²) in [5.74, 6) is 0.157. The average molecular weight is 320 g/mol. The molecule has 2 rings (SSSR count).